The first-order valence-corrected chi connectivity index (χ1v) is 12.3. The van der Waals surface area contributed by atoms with Crippen molar-refractivity contribution < 1.29 is 17.9 Å². The Bertz CT molecular complexity index is 1220. The molecular formula is C21H23N7O4S. The second-order valence-corrected chi connectivity index (χ2v) is 9.56. The SMILES string of the molecule is CS(=O)(=O)Cc1nc(-c2ccc(NC(=O)Nc3ccccn3)cc2)nc(N2CCOCC2)n1. The minimum absolute atomic E-state index is 0.181. The second kappa shape index (κ2) is 9.88. The van der Waals surface area contributed by atoms with Crippen LogP contribution in [-0.2, 0) is 20.3 Å². The van der Waals surface area contributed by atoms with Gasteiger partial charge in [0.2, 0.25) is 5.95 Å². The van der Waals surface area contributed by atoms with Gasteiger partial charge in [0, 0.05) is 36.8 Å². The molecule has 0 unspecified atom stereocenters. The summed E-state index contributed by atoms with van der Waals surface area (Å²) < 4.78 is 29.0. The minimum atomic E-state index is -3.33. The Labute approximate surface area is 191 Å². The predicted molar refractivity (Wildman–Crippen MR) is 124 cm³/mol. The number of urea groups is 1. The molecule has 0 spiro atoms. The Morgan fingerprint density at radius 2 is 1.79 bits per heavy atom. The molecule has 4 rings (SSSR count). The fourth-order valence-corrected chi connectivity index (χ4v) is 3.76. The van der Waals surface area contributed by atoms with E-state index in [9.17, 15) is 13.2 Å². The fraction of sp³-hybridized carbons (Fsp3) is 0.286. The number of carbonyl (C=O) groups is 1. The maximum atomic E-state index is 12.2. The number of ether oxygens (including phenoxy) is 1. The van der Waals surface area contributed by atoms with Gasteiger partial charge in [-0.25, -0.2) is 23.2 Å². The van der Waals surface area contributed by atoms with E-state index in [1.54, 1.807) is 48.7 Å². The molecule has 1 fully saturated rings. The number of morpholine rings is 1. The number of nitrogens with one attached hydrogen (secondary N) is 2. The average molecular weight is 470 g/mol. The predicted octanol–water partition coefficient (Wildman–Crippen LogP) is 1.96. The van der Waals surface area contributed by atoms with E-state index in [0.29, 0.717) is 55.1 Å². The van der Waals surface area contributed by atoms with E-state index in [1.807, 2.05) is 4.90 Å². The molecule has 1 saturated heterocycles. The van der Waals surface area contributed by atoms with Gasteiger partial charge in [-0.3, -0.25) is 5.32 Å². The number of hydrogen-bond donors (Lipinski definition) is 2. The lowest BCUT2D eigenvalue weighted by Crippen LogP contribution is -2.37. The van der Waals surface area contributed by atoms with E-state index >= 15 is 0 Å². The van der Waals surface area contributed by atoms with Crippen molar-refractivity contribution in [2.75, 3.05) is 48.1 Å². The Balaban J connectivity index is 1.54. The molecule has 1 aliphatic rings. The van der Waals surface area contributed by atoms with Gasteiger partial charge < -0.3 is 15.0 Å². The molecule has 1 aromatic carbocycles. The molecule has 3 aromatic rings. The van der Waals surface area contributed by atoms with Crippen molar-refractivity contribution >= 4 is 33.3 Å². The first-order chi connectivity index (χ1) is 15.9. The third-order valence-electron chi connectivity index (χ3n) is 4.66. The van der Waals surface area contributed by atoms with E-state index in [2.05, 4.69) is 30.6 Å². The van der Waals surface area contributed by atoms with Crippen LogP contribution in [0.4, 0.5) is 22.2 Å². The summed E-state index contributed by atoms with van der Waals surface area (Å²) in [5.74, 6) is 1.10. The highest BCUT2D eigenvalue weighted by atomic mass is 32.2. The van der Waals surface area contributed by atoms with Gasteiger partial charge in [-0.05, 0) is 36.4 Å². The van der Waals surface area contributed by atoms with Crippen LogP contribution in [0, 0.1) is 0 Å². The van der Waals surface area contributed by atoms with Crippen LogP contribution in [0.2, 0.25) is 0 Å². The molecule has 0 atom stereocenters. The summed E-state index contributed by atoms with van der Waals surface area (Å²) in [6.07, 6.45) is 2.73. The molecule has 1 aliphatic heterocycles. The maximum Gasteiger partial charge on any atom is 0.324 e. The number of sulfone groups is 1. The van der Waals surface area contributed by atoms with E-state index in [-0.39, 0.29) is 11.6 Å². The molecule has 12 heteroatoms. The fourth-order valence-electron chi connectivity index (χ4n) is 3.16. The van der Waals surface area contributed by atoms with Crippen molar-refractivity contribution in [2.24, 2.45) is 0 Å². The number of rotatable bonds is 6. The summed E-state index contributed by atoms with van der Waals surface area (Å²) in [5, 5.41) is 5.37. The van der Waals surface area contributed by atoms with E-state index in [4.69, 9.17) is 4.74 Å². The molecule has 2 amide bonds. The summed E-state index contributed by atoms with van der Waals surface area (Å²) in [7, 11) is -3.33. The number of aromatic nitrogens is 4. The molecule has 2 aromatic heterocycles. The van der Waals surface area contributed by atoms with Crippen molar-refractivity contribution in [2.45, 2.75) is 5.75 Å². The third kappa shape index (κ3) is 6.43. The van der Waals surface area contributed by atoms with Gasteiger partial charge in [0.25, 0.3) is 0 Å². The van der Waals surface area contributed by atoms with Crippen LogP contribution in [0.3, 0.4) is 0 Å². The van der Waals surface area contributed by atoms with Gasteiger partial charge in [0.05, 0.1) is 13.2 Å². The number of carbonyl (C=O) groups excluding carboxylic acids is 1. The minimum Gasteiger partial charge on any atom is -0.378 e. The van der Waals surface area contributed by atoms with Crippen LogP contribution in [0.5, 0.6) is 0 Å². The lowest BCUT2D eigenvalue weighted by molar-refractivity contribution is 0.122. The summed E-state index contributed by atoms with van der Waals surface area (Å²) in [4.78, 5) is 31.4. The number of anilines is 3. The van der Waals surface area contributed by atoms with Crippen LogP contribution >= 0.6 is 0 Å². The molecule has 0 saturated carbocycles. The summed E-state index contributed by atoms with van der Waals surface area (Å²) >= 11 is 0. The zero-order valence-electron chi connectivity index (χ0n) is 17.9. The highest BCUT2D eigenvalue weighted by Crippen LogP contribution is 2.21. The van der Waals surface area contributed by atoms with Crippen LogP contribution in [0.15, 0.2) is 48.7 Å². The van der Waals surface area contributed by atoms with Gasteiger partial charge in [0.1, 0.15) is 17.4 Å². The monoisotopic (exact) mass is 469 g/mol. The average Bonchev–Trinajstić information content (AvgIpc) is 2.79. The maximum absolute atomic E-state index is 12.2. The Hall–Kier alpha value is -3.64. The number of amides is 2. The van der Waals surface area contributed by atoms with Crippen LogP contribution in [0.1, 0.15) is 5.82 Å². The second-order valence-electron chi connectivity index (χ2n) is 7.42. The van der Waals surface area contributed by atoms with E-state index in [1.165, 1.54) is 0 Å². The first-order valence-electron chi connectivity index (χ1n) is 10.2. The van der Waals surface area contributed by atoms with Crippen molar-refractivity contribution in [1.29, 1.82) is 0 Å². The quantitative estimate of drug-likeness (QED) is 0.554. The van der Waals surface area contributed by atoms with Crippen molar-refractivity contribution in [1.82, 2.24) is 19.9 Å². The molecule has 3 heterocycles. The molecular weight excluding hydrogens is 446 g/mol. The lowest BCUT2D eigenvalue weighted by Gasteiger charge is -2.27. The van der Waals surface area contributed by atoms with Gasteiger partial charge in [0.15, 0.2) is 15.7 Å². The molecule has 11 nitrogen and oxygen atoms in total. The zero-order chi connectivity index (χ0) is 23.3. The topological polar surface area (TPSA) is 139 Å². The highest BCUT2D eigenvalue weighted by molar-refractivity contribution is 7.89. The standard InChI is InChI=1S/C21H23N7O4S/c1-33(30,31)14-18-24-19(27-20(25-18)28-10-12-32-13-11-28)15-5-7-16(8-6-15)23-21(29)26-17-4-2-3-9-22-17/h2-9H,10-14H2,1H3,(H2,22,23,26,29). The Kier molecular flexibility index (Phi) is 6.75. The van der Waals surface area contributed by atoms with Gasteiger partial charge >= 0.3 is 6.03 Å². The normalized spacial score (nSPS) is 14.0. The van der Waals surface area contributed by atoms with Gasteiger partial charge in [-0.15, -0.1) is 0 Å². The third-order valence-corrected chi connectivity index (χ3v) is 5.45. The number of benzene rings is 1. The number of hydrogen-bond acceptors (Lipinski definition) is 9. The summed E-state index contributed by atoms with van der Waals surface area (Å²) in [6.45, 7) is 2.30. The molecule has 2 N–H and O–H groups in total. The lowest BCUT2D eigenvalue weighted by atomic mass is 10.2. The molecule has 33 heavy (non-hydrogen) atoms. The van der Waals surface area contributed by atoms with E-state index < -0.39 is 15.9 Å². The van der Waals surface area contributed by atoms with Crippen LogP contribution < -0.4 is 15.5 Å². The first kappa shape index (κ1) is 22.6. The Morgan fingerprint density at radius 1 is 1.03 bits per heavy atom. The molecule has 0 bridgehead atoms. The number of pyridine rings is 1. The molecule has 172 valence electrons. The highest BCUT2D eigenvalue weighted by Gasteiger charge is 2.19. The van der Waals surface area contributed by atoms with Crippen molar-refractivity contribution in [3.8, 4) is 11.4 Å². The van der Waals surface area contributed by atoms with Crippen molar-refractivity contribution in [3.63, 3.8) is 0 Å². The summed E-state index contributed by atoms with van der Waals surface area (Å²) in [6, 6.07) is 11.7. The largest absolute Gasteiger partial charge is 0.378 e. The van der Waals surface area contributed by atoms with Gasteiger partial charge in [-0.2, -0.15) is 9.97 Å². The van der Waals surface area contributed by atoms with Gasteiger partial charge in [-0.1, -0.05) is 6.07 Å². The zero-order valence-corrected chi connectivity index (χ0v) is 18.7. The number of nitrogens with zero attached hydrogens (tertiary/aromatic N) is 5. The van der Waals surface area contributed by atoms with Crippen LogP contribution in [0.25, 0.3) is 11.4 Å². The van der Waals surface area contributed by atoms with Crippen molar-refractivity contribution in [3.05, 3.63) is 54.5 Å². The van der Waals surface area contributed by atoms with Crippen LogP contribution in [-0.4, -0.2) is 66.9 Å². The van der Waals surface area contributed by atoms with E-state index in [0.717, 1.165) is 6.26 Å². The smallest absolute Gasteiger partial charge is 0.324 e. The Morgan fingerprint density at radius 3 is 2.45 bits per heavy atom. The summed E-state index contributed by atoms with van der Waals surface area (Å²) in [5.41, 5.74) is 1.23. The molecule has 0 aliphatic carbocycles. The molecule has 0 radical (unpaired) electrons.